The SMILES string of the molecule is Cc1ccc(C)c(OCCCC(C)(C)C(C)C)c1. The van der Waals surface area contributed by atoms with E-state index in [0.717, 1.165) is 24.7 Å². The second kappa shape index (κ2) is 6.26. The summed E-state index contributed by atoms with van der Waals surface area (Å²) in [5.41, 5.74) is 2.90. The van der Waals surface area contributed by atoms with E-state index in [1.165, 1.54) is 17.5 Å². The minimum absolute atomic E-state index is 0.408. The van der Waals surface area contributed by atoms with Crippen molar-refractivity contribution in [2.45, 2.75) is 54.4 Å². The van der Waals surface area contributed by atoms with Gasteiger partial charge in [0, 0.05) is 0 Å². The minimum Gasteiger partial charge on any atom is -0.493 e. The Hall–Kier alpha value is -0.980. The van der Waals surface area contributed by atoms with Gasteiger partial charge in [0.05, 0.1) is 6.61 Å². The van der Waals surface area contributed by atoms with Crippen LogP contribution in [0.3, 0.4) is 0 Å². The summed E-state index contributed by atoms with van der Waals surface area (Å²) in [6.45, 7) is 14.3. The molecule has 0 saturated heterocycles. The van der Waals surface area contributed by atoms with Gasteiger partial charge < -0.3 is 4.74 Å². The highest BCUT2D eigenvalue weighted by Gasteiger charge is 2.21. The van der Waals surface area contributed by atoms with E-state index in [1.807, 2.05) is 0 Å². The molecule has 0 aliphatic heterocycles. The summed E-state index contributed by atoms with van der Waals surface area (Å²) in [5, 5.41) is 0. The Morgan fingerprint density at radius 2 is 1.83 bits per heavy atom. The molecule has 0 radical (unpaired) electrons. The Labute approximate surface area is 113 Å². The standard InChI is InChI=1S/C17H28O/c1-13(2)17(5,6)10-7-11-18-16-12-14(3)8-9-15(16)4/h8-9,12-13H,7,10-11H2,1-6H3. The van der Waals surface area contributed by atoms with Crippen molar-refractivity contribution in [3.05, 3.63) is 29.3 Å². The van der Waals surface area contributed by atoms with Crippen LogP contribution in [0.1, 0.15) is 51.7 Å². The maximum absolute atomic E-state index is 5.89. The van der Waals surface area contributed by atoms with Crippen LogP contribution in [0.5, 0.6) is 5.75 Å². The van der Waals surface area contributed by atoms with Gasteiger partial charge in [-0.15, -0.1) is 0 Å². The van der Waals surface area contributed by atoms with Crippen LogP contribution in [0.4, 0.5) is 0 Å². The average molecular weight is 248 g/mol. The molecule has 18 heavy (non-hydrogen) atoms. The van der Waals surface area contributed by atoms with Crippen LogP contribution in [-0.2, 0) is 0 Å². The highest BCUT2D eigenvalue weighted by atomic mass is 16.5. The van der Waals surface area contributed by atoms with Crippen molar-refractivity contribution in [3.63, 3.8) is 0 Å². The Kier molecular flexibility index (Phi) is 5.25. The first-order valence-electron chi connectivity index (χ1n) is 7.03. The van der Waals surface area contributed by atoms with E-state index < -0.39 is 0 Å². The van der Waals surface area contributed by atoms with Crippen molar-refractivity contribution >= 4 is 0 Å². The zero-order chi connectivity index (χ0) is 13.8. The van der Waals surface area contributed by atoms with E-state index in [4.69, 9.17) is 4.74 Å². The molecule has 1 rings (SSSR count). The number of benzene rings is 1. The van der Waals surface area contributed by atoms with E-state index in [0.29, 0.717) is 5.41 Å². The van der Waals surface area contributed by atoms with E-state index >= 15 is 0 Å². The fraction of sp³-hybridized carbons (Fsp3) is 0.647. The lowest BCUT2D eigenvalue weighted by Crippen LogP contribution is -2.19. The second-order valence-corrected chi connectivity index (χ2v) is 6.36. The van der Waals surface area contributed by atoms with Gasteiger partial charge in [-0.25, -0.2) is 0 Å². The molecule has 0 bridgehead atoms. The molecular formula is C17H28O. The first-order chi connectivity index (χ1) is 8.33. The molecule has 0 aromatic heterocycles. The number of hydrogen-bond donors (Lipinski definition) is 0. The fourth-order valence-corrected chi connectivity index (χ4v) is 1.86. The van der Waals surface area contributed by atoms with Crippen LogP contribution >= 0.6 is 0 Å². The molecule has 0 fully saturated rings. The Balaban J connectivity index is 2.41. The maximum atomic E-state index is 5.89. The number of rotatable bonds is 6. The molecule has 0 unspecified atom stereocenters. The van der Waals surface area contributed by atoms with Crippen LogP contribution in [0, 0.1) is 25.2 Å². The summed E-state index contributed by atoms with van der Waals surface area (Å²) in [5.74, 6) is 1.76. The van der Waals surface area contributed by atoms with Gasteiger partial charge >= 0.3 is 0 Å². The van der Waals surface area contributed by atoms with Crippen molar-refractivity contribution in [2.24, 2.45) is 11.3 Å². The maximum Gasteiger partial charge on any atom is 0.122 e. The molecule has 1 aromatic carbocycles. The van der Waals surface area contributed by atoms with Crippen LogP contribution in [0.2, 0.25) is 0 Å². The van der Waals surface area contributed by atoms with Crippen LogP contribution in [0.15, 0.2) is 18.2 Å². The molecule has 0 aliphatic rings. The Bertz CT molecular complexity index is 377. The lowest BCUT2D eigenvalue weighted by molar-refractivity contribution is 0.199. The van der Waals surface area contributed by atoms with Crippen LogP contribution in [0.25, 0.3) is 0 Å². The number of aryl methyl sites for hydroxylation is 2. The number of hydrogen-bond acceptors (Lipinski definition) is 1. The molecule has 102 valence electrons. The summed E-state index contributed by atoms with van der Waals surface area (Å²) in [7, 11) is 0. The first-order valence-corrected chi connectivity index (χ1v) is 7.03. The largest absolute Gasteiger partial charge is 0.493 e. The monoisotopic (exact) mass is 248 g/mol. The molecular weight excluding hydrogens is 220 g/mol. The topological polar surface area (TPSA) is 9.23 Å². The van der Waals surface area contributed by atoms with Crippen LogP contribution in [-0.4, -0.2) is 6.61 Å². The third-order valence-corrected chi connectivity index (χ3v) is 4.13. The van der Waals surface area contributed by atoms with E-state index in [9.17, 15) is 0 Å². The average Bonchev–Trinajstić information content (AvgIpc) is 2.28. The molecule has 1 nitrogen and oxygen atoms in total. The molecule has 0 N–H and O–H groups in total. The van der Waals surface area contributed by atoms with E-state index in [-0.39, 0.29) is 0 Å². The zero-order valence-corrected chi connectivity index (χ0v) is 12.8. The normalized spacial score (nSPS) is 11.9. The van der Waals surface area contributed by atoms with Crippen molar-refractivity contribution in [2.75, 3.05) is 6.61 Å². The number of ether oxygens (including phenoxy) is 1. The quantitative estimate of drug-likeness (QED) is 0.633. The summed E-state index contributed by atoms with van der Waals surface area (Å²) < 4.78 is 5.89. The van der Waals surface area contributed by atoms with Crippen molar-refractivity contribution in [3.8, 4) is 5.75 Å². The van der Waals surface area contributed by atoms with Gasteiger partial charge in [0.1, 0.15) is 5.75 Å². The lowest BCUT2D eigenvalue weighted by atomic mass is 9.77. The molecule has 1 aromatic rings. The third-order valence-electron chi connectivity index (χ3n) is 4.13. The van der Waals surface area contributed by atoms with E-state index in [2.05, 4.69) is 59.7 Å². The van der Waals surface area contributed by atoms with Gasteiger partial charge in [-0.2, -0.15) is 0 Å². The molecule has 0 aliphatic carbocycles. The van der Waals surface area contributed by atoms with E-state index in [1.54, 1.807) is 0 Å². The molecule has 0 heterocycles. The van der Waals surface area contributed by atoms with Crippen molar-refractivity contribution in [1.29, 1.82) is 0 Å². The molecule has 0 atom stereocenters. The van der Waals surface area contributed by atoms with Crippen LogP contribution < -0.4 is 4.74 Å². The third kappa shape index (κ3) is 4.36. The molecule has 1 heteroatoms. The smallest absolute Gasteiger partial charge is 0.122 e. The summed E-state index contributed by atoms with van der Waals surface area (Å²) in [6, 6.07) is 6.38. The molecule has 0 spiro atoms. The van der Waals surface area contributed by atoms with Crippen molar-refractivity contribution < 1.29 is 4.74 Å². The highest BCUT2D eigenvalue weighted by molar-refractivity contribution is 5.35. The molecule has 0 amide bonds. The first kappa shape index (κ1) is 15.1. The van der Waals surface area contributed by atoms with Gasteiger partial charge in [-0.1, -0.05) is 39.8 Å². The Morgan fingerprint density at radius 1 is 1.17 bits per heavy atom. The fourth-order valence-electron chi connectivity index (χ4n) is 1.86. The van der Waals surface area contributed by atoms with Gasteiger partial charge in [-0.05, 0) is 55.2 Å². The summed E-state index contributed by atoms with van der Waals surface area (Å²) >= 11 is 0. The zero-order valence-electron chi connectivity index (χ0n) is 12.8. The predicted molar refractivity (Wildman–Crippen MR) is 79.3 cm³/mol. The molecule has 0 saturated carbocycles. The lowest BCUT2D eigenvalue weighted by Gasteiger charge is -2.29. The Morgan fingerprint density at radius 3 is 2.44 bits per heavy atom. The highest BCUT2D eigenvalue weighted by Crippen LogP contribution is 2.31. The summed E-state index contributed by atoms with van der Waals surface area (Å²) in [6.07, 6.45) is 2.34. The minimum atomic E-state index is 0.408. The van der Waals surface area contributed by atoms with Gasteiger partial charge in [0.2, 0.25) is 0 Å². The van der Waals surface area contributed by atoms with Gasteiger partial charge in [0.25, 0.3) is 0 Å². The van der Waals surface area contributed by atoms with Gasteiger partial charge in [-0.3, -0.25) is 0 Å². The van der Waals surface area contributed by atoms with Gasteiger partial charge in [0.15, 0.2) is 0 Å². The second-order valence-electron chi connectivity index (χ2n) is 6.36. The van der Waals surface area contributed by atoms with Crippen molar-refractivity contribution in [1.82, 2.24) is 0 Å². The predicted octanol–water partition coefficient (Wildman–Crippen LogP) is 5.14. The summed E-state index contributed by atoms with van der Waals surface area (Å²) in [4.78, 5) is 0.